The van der Waals surface area contributed by atoms with Gasteiger partial charge in [-0.15, -0.1) is 0 Å². The number of aromatic hydroxyl groups is 1. The van der Waals surface area contributed by atoms with Gasteiger partial charge < -0.3 is 15.0 Å². The monoisotopic (exact) mass is 482 g/mol. The first-order valence-corrected chi connectivity index (χ1v) is 12.3. The number of carbonyl (C=O) groups excluding carboxylic acids is 1. The number of hydrogen-bond acceptors (Lipinski definition) is 7. The van der Waals surface area contributed by atoms with E-state index in [4.69, 9.17) is 4.98 Å². The minimum atomic E-state index is -4.42. The van der Waals surface area contributed by atoms with Gasteiger partial charge in [-0.3, -0.25) is 9.59 Å². The van der Waals surface area contributed by atoms with Gasteiger partial charge >= 0.3 is 0 Å². The predicted molar refractivity (Wildman–Crippen MR) is 128 cm³/mol. The number of H-pyrrole nitrogens is 1. The number of aromatic amines is 1. The van der Waals surface area contributed by atoms with E-state index >= 15 is 0 Å². The van der Waals surface area contributed by atoms with Gasteiger partial charge in [0.05, 0.1) is 11.3 Å². The summed E-state index contributed by atoms with van der Waals surface area (Å²) in [5, 5.41) is 10.3. The van der Waals surface area contributed by atoms with E-state index in [0.717, 1.165) is 12.5 Å². The van der Waals surface area contributed by atoms with Crippen LogP contribution >= 0.6 is 0 Å². The Hall–Kier alpha value is -3.66. The van der Waals surface area contributed by atoms with E-state index in [1.54, 1.807) is 30.3 Å². The van der Waals surface area contributed by atoms with Gasteiger partial charge in [0.15, 0.2) is 4.90 Å². The number of anilines is 1. The molecule has 1 fully saturated rings. The van der Waals surface area contributed by atoms with Gasteiger partial charge in [-0.1, -0.05) is 19.1 Å². The molecule has 1 saturated heterocycles. The van der Waals surface area contributed by atoms with Crippen molar-refractivity contribution < 1.29 is 18.3 Å². The first-order chi connectivity index (χ1) is 16.0. The lowest BCUT2D eigenvalue weighted by Crippen LogP contribution is -2.41. The van der Waals surface area contributed by atoms with E-state index in [0.29, 0.717) is 29.5 Å². The van der Waals surface area contributed by atoms with Crippen molar-refractivity contribution in [1.29, 1.82) is 0 Å². The number of nitrogens with one attached hydrogen (secondary N) is 2. The van der Waals surface area contributed by atoms with Crippen LogP contribution in [-0.2, 0) is 10.0 Å². The summed E-state index contributed by atoms with van der Waals surface area (Å²) in [6.07, 6.45) is 2.16. The number of pyridine rings is 2. The fourth-order valence-corrected chi connectivity index (χ4v) is 5.51. The van der Waals surface area contributed by atoms with Crippen LogP contribution in [0.2, 0.25) is 0 Å². The standard InChI is InChI=1S/C24H26N4O5S/c1-15-13-24(2,3)28(14-15)21-17(10-11-18(26-21)16-7-4-5-8-19(16)29)22(30)27-34(32,33)20-9-6-12-25-23(20)31/h4-12,15,29H,13-14H2,1-3H3,(H,25,31)(H,27,30)/t15-/m0/s1. The molecule has 3 heterocycles. The number of nitrogens with zero attached hydrogens (tertiary/aromatic N) is 2. The predicted octanol–water partition coefficient (Wildman–Crippen LogP) is 2.89. The molecule has 1 amide bonds. The molecule has 1 atom stereocenters. The smallest absolute Gasteiger partial charge is 0.269 e. The Bertz CT molecular complexity index is 1410. The molecule has 10 heteroatoms. The number of hydrogen-bond donors (Lipinski definition) is 3. The van der Waals surface area contributed by atoms with Crippen LogP contribution in [0.3, 0.4) is 0 Å². The topological polar surface area (TPSA) is 132 Å². The summed E-state index contributed by atoms with van der Waals surface area (Å²) in [6, 6.07) is 12.3. The quantitative estimate of drug-likeness (QED) is 0.509. The average molecular weight is 483 g/mol. The lowest BCUT2D eigenvalue weighted by atomic mass is 9.97. The van der Waals surface area contributed by atoms with Crippen LogP contribution in [0.1, 0.15) is 37.6 Å². The number of phenolic OH excluding ortho intramolecular Hbond substituents is 1. The van der Waals surface area contributed by atoms with Crippen LogP contribution in [0.4, 0.5) is 5.82 Å². The van der Waals surface area contributed by atoms with Crippen LogP contribution in [0.25, 0.3) is 11.3 Å². The Morgan fingerprint density at radius 2 is 1.91 bits per heavy atom. The largest absolute Gasteiger partial charge is 0.507 e. The molecule has 34 heavy (non-hydrogen) atoms. The molecule has 3 aromatic rings. The third-order valence-electron chi connectivity index (χ3n) is 5.93. The molecule has 0 unspecified atom stereocenters. The Labute approximate surface area is 197 Å². The fourth-order valence-electron chi connectivity index (χ4n) is 4.48. The SMILES string of the molecule is C[C@@H]1CN(c2nc(-c3ccccc3O)ccc2C(=O)NS(=O)(=O)c2ccc[nH]c2=O)C(C)(C)C1. The van der Waals surface area contributed by atoms with Crippen molar-refractivity contribution in [2.45, 2.75) is 37.6 Å². The Balaban J connectivity index is 1.80. The molecule has 0 radical (unpaired) electrons. The van der Waals surface area contributed by atoms with E-state index in [1.165, 1.54) is 18.3 Å². The number of aromatic nitrogens is 2. The van der Waals surface area contributed by atoms with Crippen LogP contribution < -0.4 is 15.2 Å². The summed E-state index contributed by atoms with van der Waals surface area (Å²) in [5.41, 5.74) is -0.178. The van der Waals surface area contributed by atoms with Crippen molar-refractivity contribution in [2.75, 3.05) is 11.4 Å². The maximum Gasteiger partial charge on any atom is 0.269 e. The molecule has 178 valence electrons. The molecule has 1 aromatic carbocycles. The lowest BCUT2D eigenvalue weighted by molar-refractivity contribution is 0.0981. The molecule has 2 aromatic heterocycles. The van der Waals surface area contributed by atoms with Gasteiger partial charge in [-0.25, -0.2) is 18.1 Å². The first kappa shape index (κ1) is 23.5. The third kappa shape index (κ3) is 4.41. The van der Waals surface area contributed by atoms with Crippen molar-refractivity contribution >= 4 is 21.7 Å². The molecule has 0 saturated carbocycles. The van der Waals surface area contributed by atoms with Gasteiger partial charge in [0, 0.05) is 23.8 Å². The van der Waals surface area contributed by atoms with Crippen LogP contribution in [0.15, 0.2) is 64.4 Å². The molecule has 1 aliphatic heterocycles. The molecule has 4 rings (SSSR count). The zero-order valence-electron chi connectivity index (χ0n) is 19.1. The summed E-state index contributed by atoms with van der Waals surface area (Å²) >= 11 is 0. The zero-order chi connectivity index (χ0) is 24.7. The molecular weight excluding hydrogens is 456 g/mol. The number of carbonyl (C=O) groups is 1. The van der Waals surface area contributed by atoms with Crippen LogP contribution in [-0.4, -0.2) is 41.5 Å². The Morgan fingerprint density at radius 3 is 2.56 bits per heavy atom. The van der Waals surface area contributed by atoms with Gasteiger partial charge in [0.2, 0.25) is 0 Å². The van der Waals surface area contributed by atoms with Crippen molar-refractivity contribution in [3.8, 4) is 17.0 Å². The highest BCUT2D eigenvalue weighted by molar-refractivity contribution is 7.90. The first-order valence-electron chi connectivity index (χ1n) is 10.8. The zero-order valence-corrected chi connectivity index (χ0v) is 19.9. The second kappa shape index (κ2) is 8.60. The highest BCUT2D eigenvalue weighted by atomic mass is 32.2. The number of para-hydroxylation sites is 1. The normalized spacial score (nSPS) is 17.5. The lowest BCUT2D eigenvalue weighted by Gasteiger charge is -2.34. The Morgan fingerprint density at radius 1 is 1.18 bits per heavy atom. The van der Waals surface area contributed by atoms with Gasteiger partial charge in [-0.2, -0.15) is 0 Å². The number of sulfonamides is 1. The maximum absolute atomic E-state index is 13.2. The second-order valence-corrected chi connectivity index (χ2v) is 10.8. The van der Waals surface area contributed by atoms with Crippen LogP contribution in [0.5, 0.6) is 5.75 Å². The van der Waals surface area contributed by atoms with Crippen molar-refractivity contribution in [2.24, 2.45) is 5.92 Å². The summed E-state index contributed by atoms with van der Waals surface area (Å²) in [6.45, 7) is 6.79. The summed E-state index contributed by atoms with van der Waals surface area (Å²) in [7, 11) is -4.42. The molecule has 3 N–H and O–H groups in total. The molecule has 9 nitrogen and oxygen atoms in total. The van der Waals surface area contributed by atoms with E-state index in [2.05, 4.69) is 11.9 Å². The minimum Gasteiger partial charge on any atom is -0.507 e. The average Bonchev–Trinajstić information content (AvgIpc) is 3.05. The van der Waals surface area contributed by atoms with Gasteiger partial charge in [0.25, 0.3) is 21.5 Å². The molecule has 1 aliphatic rings. The maximum atomic E-state index is 13.2. The highest BCUT2D eigenvalue weighted by Gasteiger charge is 2.39. The third-order valence-corrected chi connectivity index (χ3v) is 7.28. The number of rotatable bonds is 5. The number of phenols is 1. The second-order valence-electron chi connectivity index (χ2n) is 9.12. The molecule has 0 spiro atoms. The van der Waals surface area contributed by atoms with Crippen molar-refractivity contribution in [3.05, 3.63) is 70.6 Å². The number of benzene rings is 1. The minimum absolute atomic E-state index is 0.0399. The van der Waals surface area contributed by atoms with E-state index in [1.807, 2.05) is 23.5 Å². The van der Waals surface area contributed by atoms with E-state index < -0.39 is 26.4 Å². The van der Waals surface area contributed by atoms with Crippen molar-refractivity contribution in [1.82, 2.24) is 14.7 Å². The molecule has 0 aliphatic carbocycles. The van der Waals surface area contributed by atoms with Crippen LogP contribution in [0, 0.1) is 5.92 Å². The highest BCUT2D eigenvalue weighted by Crippen LogP contribution is 2.39. The summed E-state index contributed by atoms with van der Waals surface area (Å²) in [5.74, 6) is -0.221. The van der Waals surface area contributed by atoms with Gasteiger partial charge in [0.1, 0.15) is 11.6 Å². The van der Waals surface area contributed by atoms with E-state index in [-0.39, 0.29) is 16.9 Å². The van der Waals surface area contributed by atoms with Crippen molar-refractivity contribution in [3.63, 3.8) is 0 Å². The Kier molecular flexibility index (Phi) is 5.94. The van der Waals surface area contributed by atoms with E-state index in [9.17, 15) is 23.1 Å². The fraction of sp³-hybridized carbons (Fsp3) is 0.292. The summed E-state index contributed by atoms with van der Waals surface area (Å²) in [4.78, 5) is 33.6. The summed E-state index contributed by atoms with van der Waals surface area (Å²) < 4.78 is 27.5. The molecule has 0 bridgehead atoms. The number of amides is 1. The molecular formula is C24H26N4O5S. The van der Waals surface area contributed by atoms with Gasteiger partial charge in [-0.05, 0) is 62.6 Å².